The first-order valence-corrected chi connectivity index (χ1v) is 6.69. The highest BCUT2D eigenvalue weighted by atomic mass is 16.5. The van der Waals surface area contributed by atoms with Gasteiger partial charge in [0, 0.05) is 12.8 Å². The lowest BCUT2D eigenvalue weighted by Crippen LogP contribution is -2.06. The van der Waals surface area contributed by atoms with Gasteiger partial charge in [0.25, 0.3) is 0 Å². The molecule has 0 heterocycles. The lowest BCUT2D eigenvalue weighted by molar-refractivity contribution is -0.143. The molecule has 0 saturated heterocycles. The van der Waals surface area contributed by atoms with Gasteiger partial charge in [0.2, 0.25) is 0 Å². The van der Waals surface area contributed by atoms with E-state index in [0.29, 0.717) is 13.0 Å². The van der Waals surface area contributed by atoms with Crippen LogP contribution in [0.2, 0.25) is 0 Å². The van der Waals surface area contributed by atoms with E-state index < -0.39 is 5.97 Å². The van der Waals surface area contributed by atoms with E-state index in [9.17, 15) is 9.59 Å². The standard InChI is InChI=1S/C14H24O4/c1-2-3-4-5-6-7-8-12-18-14(17)11-9-10-13(15)16/h6-7H,2-5,8-12H2,1H3,(H,15,16)/b7-6-. The zero-order chi connectivity index (χ0) is 13.6. The number of hydrogen-bond acceptors (Lipinski definition) is 3. The first-order valence-electron chi connectivity index (χ1n) is 6.69. The molecule has 1 N–H and O–H groups in total. The lowest BCUT2D eigenvalue weighted by atomic mass is 10.2. The number of esters is 1. The third kappa shape index (κ3) is 12.7. The van der Waals surface area contributed by atoms with Crippen LogP contribution in [-0.2, 0) is 14.3 Å². The summed E-state index contributed by atoms with van der Waals surface area (Å²) >= 11 is 0. The maximum atomic E-state index is 11.2. The Kier molecular flexibility index (Phi) is 11.3. The van der Waals surface area contributed by atoms with E-state index in [1.54, 1.807) is 0 Å². The fourth-order valence-corrected chi connectivity index (χ4v) is 1.44. The minimum absolute atomic E-state index is 0.0203. The quantitative estimate of drug-likeness (QED) is 0.350. The molecule has 4 heteroatoms. The predicted octanol–water partition coefficient (Wildman–Crippen LogP) is 3.31. The van der Waals surface area contributed by atoms with Crippen LogP contribution in [0.5, 0.6) is 0 Å². The van der Waals surface area contributed by atoms with Crippen LogP contribution in [0.15, 0.2) is 12.2 Å². The van der Waals surface area contributed by atoms with Gasteiger partial charge in [-0.15, -0.1) is 0 Å². The van der Waals surface area contributed by atoms with Crippen LogP contribution < -0.4 is 0 Å². The van der Waals surface area contributed by atoms with Crippen molar-refractivity contribution in [2.75, 3.05) is 6.61 Å². The Morgan fingerprint density at radius 2 is 1.78 bits per heavy atom. The number of ether oxygens (including phenoxy) is 1. The first-order chi connectivity index (χ1) is 8.66. The lowest BCUT2D eigenvalue weighted by Gasteiger charge is -2.01. The number of rotatable bonds is 11. The van der Waals surface area contributed by atoms with Gasteiger partial charge in [0.15, 0.2) is 0 Å². The molecule has 0 bridgehead atoms. The molecule has 0 aliphatic rings. The minimum atomic E-state index is -0.877. The summed E-state index contributed by atoms with van der Waals surface area (Å²) in [6.07, 6.45) is 10.2. The van der Waals surface area contributed by atoms with Gasteiger partial charge < -0.3 is 9.84 Å². The highest BCUT2D eigenvalue weighted by Crippen LogP contribution is 2.01. The van der Waals surface area contributed by atoms with E-state index in [2.05, 4.69) is 13.0 Å². The molecule has 0 aromatic heterocycles. The van der Waals surface area contributed by atoms with Crippen LogP contribution in [0.1, 0.15) is 58.3 Å². The van der Waals surface area contributed by atoms with Gasteiger partial charge in [-0.1, -0.05) is 31.9 Å². The Labute approximate surface area is 109 Å². The molecular formula is C14H24O4. The molecule has 104 valence electrons. The van der Waals surface area contributed by atoms with Crippen LogP contribution in [0, 0.1) is 0 Å². The summed E-state index contributed by atoms with van der Waals surface area (Å²) in [5, 5.41) is 8.40. The zero-order valence-corrected chi connectivity index (χ0v) is 11.2. The van der Waals surface area contributed by atoms with E-state index >= 15 is 0 Å². The molecule has 0 saturated carbocycles. The average molecular weight is 256 g/mol. The van der Waals surface area contributed by atoms with Crippen LogP contribution in [0.4, 0.5) is 0 Å². The second kappa shape index (κ2) is 12.1. The second-order valence-corrected chi connectivity index (χ2v) is 4.22. The van der Waals surface area contributed by atoms with Crippen molar-refractivity contribution in [1.29, 1.82) is 0 Å². The summed E-state index contributed by atoms with van der Waals surface area (Å²) in [5.41, 5.74) is 0. The third-order valence-corrected chi connectivity index (χ3v) is 2.46. The van der Waals surface area contributed by atoms with Gasteiger partial charge in [-0.3, -0.25) is 9.59 Å². The molecule has 0 aliphatic carbocycles. The van der Waals surface area contributed by atoms with Crippen molar-refractivity contribution >= 4 is 11.9 Å². The summed E-state index contributed by atoms with van der Waals surface area (Å²) < 4.78 is 4.97. The number of allylic oxidation sites excluding steroid dienone is 1. The Balaban J connectivity index is 3.31. The molecule has 0 unspecified atom stereocenters. The van der Waals surface area contributed by atoms with Crippen molar-refractivity contribution in [1.82, 2.24) is 0 Å². The molecule has 0 aliphatic heterocycles. The maximum Gasteiger partial charge on any atom is 0.305 e. The molecular weight excluding hydrogens is 232 g/mol. The fraction of sp³-hybridized carbons (Fsp3) is 0.714. The average Bonchev–Trinajstić information content (AvgIpc) is 2.32. The molecule has 0 amide bonds. The molecule has 0 rings (SSSR count). The molecule has 0 atom stereocenters. The van der Waals surface area contributed by atoms with E-state index in [4.69, 9.17) is 9.84 Å². The van der Waals surface area contributed by atoms with Gasteiger partial charge in [-0.2, -0.15) is 0 Å². The molecule has 0 spiro atoms. The number of unbranched alkanes of at least 4 members (excludes halogenated alkanes) is 3. The highest BCUT2D eigenvalue weighted by Gasteiger charge is 2.03. The summed E-state index contributed by atoms with van der Waals surface area (Å²) in [6, 6.07) is 0. The van der Waals surface area contributed by atoms with Crippen molar-refractivity contribution in [3.8, 4) is 0 Å². The molecule has 0 radical (unpaired) electrons. The summed E-state index contributed by atoms with van der Waals surface area (Å²) in [5.74, 6) is -1.19. The van der Waals surface area contributed by atoms with Gasteiger partial charge >= 0.3 is 11.9 Å². The van der Waals surface area contributed by atoms with Crippen LogP contribution in [-0.4, -0.2) is 23.7 Å². The Morgan fingerprint density at radius 1 is 1.06 bits per heavy atom. The van der Waals surface area contributed by atoms with Gasteiger partial charge in [-0.25, -0.2) is 0 Å². The van der Waals surface area contributed by atoms with E-state index in [0.717, 1.165) is 12.8 Å². The Morgan fingerprint density at radius 3 is 2.44 bits per heavy atom. The smallest absolute Gasteiger partial charge is 0.305 e. The third-order valence-electron chi connectivity index (χ3n) is 2.46. The normalized spacial score (nSPS) is 10.7. The van der Waals surface area contributed by atoms with Crippen LogP contribution in [0.3, 0.4) is 0 Å². The van der Waals surface area contributed by atoms with Gasteiger partial charge in [-0.05, 0) is 25.7 Å². The van der Waals surface area contributed by atoms with Gasteiger partial charge in [0.05, 0.1) is 6.61 Å². The van der Waals surface area contributed by atoms with E-state index in [1.165, 1.54) is 19.3 Å². The SMILES string of the molecule is CCCCC/C=C\CCOC(=O)CCCC(=O)O. The van der Waals surface area contributed by atoms with E-state index in [-0.39, 0.29) is 18.8 Å². The topological polar surface area (TPSA) is 63.6 Å². The molecule has 4 nitrogen and oxygen atoms in total. The number of carboxylic acid groups (broad SMARTS) is 1. The Bertz CT molecular complexity index is 259. The van der Waals surface area contributed by atoms with Crippen molar-refractivity contribution in [3.63, 3.8) is 0 Å². The van der Waals surface area contributed by atoms with Crippen molar-refractivity contribution in [3.05, 3.63) is 12.2 Å². The first kappa shape index (κ1) is 16.7. The van der Waals surface area contributed by atoms with E-state index in [1.807, 2.05) is 6.08 Å². The van der Waals surface area contributed by atoms with Crippen molar-refractivity contribution in [2.24, 2.45) is 0 Å². The van der Waals surface area contributed by atoms with Gasteiger partial charge in [0.1, 0.15) is 0 Å². The van der Waals surface area contributed by atoms with Crippen LogP contribution >= 0.6 is 0 Å². The zero-order valence-electron chi connectivity index (χ0n) is 11.2. The predicted molar refractivity (Wildman–Crippen MR) is 70.3 cm³/mol. The summed E-state index contributed by atoms with van der Waals surface area (Å²) in [4.78, 5) is 21.4. The number of hydrogen-bond donors (Lipinski definition) is 1. The van der Waals surface area contributed by atoms with Crippen molar-refractivity contribution < 1.29 is 19.4 Å². The molecule has 0 aromatic rings. The molecule has 0 fully saturated rings. The monoisotopic (exact) mass is 256 g/mol. The second-order valence-electron chi connectivity index (χ2n) is 4.22. The summed E-state index contributed by atoms with van der Waals surface area (Å²) in [6.45, 7) is 2.56. The van der Waals surface area contributed by atoms with Crippen molar-refractivity contribution in [2.45, 2.75) is 58.3 Å². The molecule has 0 aromatic carbocycles. The number of carbonyl (C=O) groups excluding carboxylic acids is 1. The summed E-state index contributed by atoms with van der Waals surface area (Å²) in [7, 11) is 0. The maximum absolute atomic E-state index is 11.2. The fourth-order valence-electron chi connectivity index (χ4n) is 1.44. The number of carbonyl (C=O) groups is 2. The minimum Gasteiger partial charge on any atom is -0.481 e. The Hall–Kier alpha value is -1.32. The largest absolute Gasteiger partial charge is 0.481 e. The molecule has 18 heavy (non-hydrogen) atoms. The number of carboxylic acids is 1. The highest BCUT2D eigenvalue weighted by molar-refractivity contribution is 5.71. The number of aliphatic carboxylic acids is 1. The van der Waals surface area contributed by atoms with Crippen LogP contribution in [0.25, 0.3) is 0 Å².